The average molecular weight is 360 g/mol. The zero-order chi connectivity index (χ0) is 18.5. The Morgan fingerprint density at radius 2 is 1.96 bits per heavy atom. The third kappa shape index (κ3) is 4.12. The Kier molecular flexibility index (Phi) is 5.70. The molecule has 2 N–H and O–H groups in total. The Balaban J connectivity index is 1.43. The van der Waals surface area contributed by atoms with E-state index in [-0.39, 0.29) is 29.8 Å². The van der Waals surface area contributed by atoms with Crippen LogP contribution in [-0.2, 0) is 9.59 Å². The van der Waals surface area contributed by atoms with E-state index < -0.39 is 4.92 Å². The van der Waals surface area contributed by atoms with E-state index in [0.29, 0.717) is 31.4 Å². The molecule has 1 saturated heterocycles. The van der Waals surface area contributed by atoms with Crippen molar-refractivity contribution in [3.63, 3.8) is 0 Å². The topological polar surface area (TPSA) is 105 Å². The van der Waals surface area contributed by atoms with Gasteiger partial charge in [0.1, 0.15) is 5.69 Å². The number of amides is 2. The highest BCUT2D eigenvalue weighted by atomic mass is 16.6. The number of nitro groups is 1. The van der Waals surface area contributed by atoms with E-state index in [9.17, 15) is 19.7 Å². The van der Waals surface area contributed by atoms with Crippen LogP contribution >= 0.6 is 0 Å². The Bertz CT molecular complexity index is 688. The summed E-state index contributed by atoms with van der Waals surface area (Å²) in [6.45, 7) is 1.23. The van der Waals surface area contributed by atoms with E-state index >= 15 is 0 Å². The van der Waals surface area contributed by atoms with Gasteiger partial charge in [0.05, 0.1) is 10.8 Å². The minimum Gasteiger partial charge on any atom is -0.378 e. The van der Waals surface area contributed by atoms with Crippen LogP contribution in [0, 0.1) is 16.0 Å². The van der Waals surface area contributed by atoms with Crippen molar-refractivity contribution in [3.8, 4) is 0 Å². The maximum atomic E-state index is 12.3. The molecule has 3 rings (SSSR count). The summed E-state index contributed by atoms with van der Waals surface area (Å²) in [5.41, 5.74) is 0.433. The highest BCUT2D eigenvalue weighted by Gasteiger charge is 2.38. The molecular weight excluding hydrogens is 336 g/mol. The van der Waals surface area contributed by atoms with Gasteiger partial charge in [0.25, 0.3) is 5.69 Å². The molecule has 0 aromatic heterocycles. The van der Waals surface area contributed by atoms with Crippen LogP contribution in [0.4, 0.5) is 11.4 Å². The van der Waals surface area contributed by atoms with Gasteiger partial charge in [0, 0.05) is 38.2 Å². The number of hydrogen-bond acceptors (Lipinski definition) is 5. The van der Waals surface area contributed by atoms with Crippen LogP contribution < -0.4 is 10.6 Å². The van der Waals surface area contributed by atoms with Gasteiger partial charge < -0.3 is 15.5 Å². The van der Waals surface area contributed by atoms with Crippen LogP contribution in [0.5, 0.6) is 0 Å². The van der Waals surface area contributed by atoms with E-state index in [1.54, 1.807) is 18.2 Å². The Labute approximate surface area is 152 Å². The molecule has 2 amide bonds. The Morgan fingerprint density at radius 1 is 1.23 bits per heavy atom. The van der Waals surface area contributed by atoms with Crippen LogP contribution in [0.3, 0.4) is 0 Å². The number of para-hydroxylation sites is 2. The van der Waals surface area contributed by atoms with Gasteiger partial charge in [0.15, 0.2) is 0 Å². The molecule has 0 bridgehead atoms. The first-order valence-electron chi connectivity index (χ1n) is 9.10. The second-order valence-electron chi connectivity index (χ2n) is 6.88. The van der Waals surface area contributed by atoms with Crippen molar-refractivity contribution >= 4 is 23.2 Å². The predicted molar refractivity (Wildman–Crippen MR) is 96.7 cm³/mol. The van der Waals surface area contributed by atoms with Gasteiger partial charge in [-0.15, -0.1) is 0 Å². The first-order chi connectivity index (χ1) is 12.6. The molecule has 140 valence electrons. The number of anilines is 1. The monoisotopic (exact) mass is 360 g/mol. The lowest BCUT2D eigenvalue weighted by atomic mass is 10.1. The lowest BCUT2D eigenvalue weighted by Gasteiger charge is -2.23. The van der Waals surface area contributed by atoms with Gasteiger partial charge in [0.2, 0.25) is 11.8 Å². The summed E-state index contributed by atoms with van der Waals surface area (Å²) in [5.74, 6) is -0.340. The zero-order valence-electron chi connectivity index (χ0n) is 14.6. The van der Waals surface area contributed by atoms with E-state index in [2.05, 4.69) is 10.6 Å². The zero-order valence-corrected chi connectivity index (χ0v) is 14.6. The van der Waals surface area contributed by atoms with Crippen molar-refractivity contribution in [3.05, 3.63) is 34.4 Å². The lowest BCUT2D eigenvalue weighted by Crippen LogP contribution is -2.38. The summed E-state index contributed by atoms with van der Waals surface area (Å²) in [6.07, 6.45) is 4.67. The highest BCUT2D eigenvalue weighted by molar-refractivity contribution is 5.89. The van der Waals surface area contributed by atoms with Gasteiger partial charge in [-0.05, 0) is 18.9 Å². The van der Waals surface area contributed by atoms with E-state index in [1.165, 1.54) is 6.07 Å². The second kappa shape index (κ2) is 8.16. The fourth-order valence-corrected chi connectivity index (χ4v) is 3.79. The van der Waals surface area contributed by atoms with Crippen LogP contribution in [0.25, 0.3) is 0 Å². The van der Waals surface area contributed by atoms with Crippen molar-refractivity contribution in [2.45, 2.75) is 38.1 Å². The fourth-order valence-electron chi connectivity index (χ4n) is 3.79. The molecule has 1 aromatic rings. The van der Waals surface area contributed by atoms with Crippen molar-refractivity contribution in [2.75, 3.05) is 25.0 Å². The summed E-state index contributed by atoms with van der Waals surface area (Å²) in [5, 5.41) is 16.8. The van der Waals surface area contributed by atoms with Gasteiger partial charge >= 0.3 is 0 Å². The lowest BCUT2D eigenvalue weighted by molar-refractivity contribution is -0.384. The molecule has 0 radical (unpaired) electrons. The SMILES string of the molecule is O=C(NCCNc1ccccc1[N+](=O)[O-])C1CC(=O)N(C2CCCC2)C1. The normalized spacial score (nSPS) is 20.4. The molecule has 2 fully saturated rings. The molecule has 0 spiro atoms. The summed E-state index contributed by atoms with van der Waals surface area (Å²) in [7, 11) is 0. The molecule has 1 heterocycles. The number of benzene rings is 1. The summed E-state index contributed by atoms with van der Waals surface area (Å²) < 4.78 is 0. The van der Waals surface area contributed by atoms with Crippen LogP contribution in [0.2, 0.25) is 0 Å². The number of hydrogen-bond donors (Lipinski definition) is 2. The Morgan fingerprint density at radius 3 is 2.69 bits per heavy atom. The summed E-state index contributed by atoms with van der Waals surface area (Å²) in [4.78, 5) is 36.9. The quantitative estimate of drug-likeness (QED) is 0.439. The third-order valence-electron chi connectivity index (χ3n) is 5.14. The summed E-state index contributed by atoms with van der Waals surface area (Å²) >= 11 is 0. The molecule has 8 nitrogen and oxygen atoms in total. The largest absolute Gasteiger partial charge is 0.378 e. The third-order valence-corrected chi connectivity index (χ3v) is 5.14. The smallest absolute Gasteiger partial charge is 0.292 e. The van der Waals surface area contributed by atoms with E-state index in [1.807, 2.05) is 4.90 Å². The molecule has 8 heteroatoms. The predicted octanol–water partition coefficient (Wildman–Crippen LogP) is 1.91. The molecular formula is C18H24N4O4. The van der Waals surface area contributed by atoms with Gasteiger partial charge in [-0.3, -0.25) is 19.7 Å². The molecule has 1 atom stereocenters. The fraction of sp³-hybridized carbons (Fsp3) is 0.556. The summed E-state index contributed by atoms with van der Waals surface area (Å²) in [6, 6.07) is 6.70. The van der Waals surface area contributed by atoms with Crippen molar-refractivity contribution in [1.29, 1.82) is 0 Å². The van der Waals surface area contributed by atoms with Crippen LogP contribution in [-0.4, -0.2) is 47.3 Å². The number of carbonyl (C=O) groups is 2. The molecule has 26 heavy (non-hydrogen) atoms. The van der Waals surface area contributed by atoms with Gasteiger partial charge in [-0.2, -0.15) is 0 Å². The maximum Gasteiger partial charge on any atom is 0.292 e. The first kappa shape index (κ1) is 18.2. The second-order valence-corrected chi connectivity index (χ2v) is 6.88. The Hall–Kier alpha value is -2.64. The molecule has 1 unspecified atom stereocenters. The minimum absolute atomic E-state index is 0.00687. The molecule has 1 aliphatic carbocycles. The first-order valence-corrected chi connectivity index (χ1v) is 9.10. The molecule has 1 aromatic carbocycles. The van der Waals surface area contributed by atoms with Crippen LogP contribution in [0.1, 0.15) is 32.1 Å². The van der Waals surface area contributed by atoms with E-state index in [0.717, 1.165) is 25.7 Å². The number of nitro benzene ring substituents is 1. The number of nitrogens with one attached hydrogen (secondary N) is 2. The molecule has 2 aliphatic rings. The standard InChI is InChI=1S/C18H24N4O4/c23-17-11-13(12-21(17)14-5-1-2-6-14)18(24)20-10-9-19-15-7-3-4-8-16(15)22(25)26/h3-4,7-8,13-14,19H,1-2,5-6,9-12H2,(H,20,24). The number of nitrogens with zero attached hydrogens (tertiary/aromatic N) is 2. The van der Waals surface area contributed by atoms with Gasteiger partial charge in [-0.1, -0.05) is 25.0 Å². The number of carbonyl (C=O) groups excluding carboxylic acids is 2. The maximum absolute atomic E-state index is 12.3. The van der Waals surface area contributed by atoms with Crippen molar-refractivity contribution < 1.29 is 14.5 Å². The van der Waals surface area contributed by atoms with Crippen molar-refractivity contribution in [2.24, 2.45) is 5.92 Å². The minimum atomic E-state index is -0.442. The number of rotatable bonds is 7. The van der Waals surface area contributed by atoms with Gasteiger partial charge in [-0.25, -0.2) is 0 Å². The molecule has 1 saturated carbocycles. The number of likely N-dealkylation sites (tertiary alicyclic amines) is 1. The van der Waals surface area contributed by atoms with E-state index in [4.69, 9.17) is 0 Å². The molecule has 1 aliphatic heterocycles. The highest BCUT2D eigenvalue weighted by Crippen LogP contribution is 2.29. The van der Waals surface area contributed by atoms with Crippen LogP contribution in [0.15, 0.2) is 24.3 Å². The average Bonchev–Trinajstić information content (AvgIpc) is 3.28. The van der Waals surface area contributed by atoms with Crippen molar-refractivity contribution in [1.82, 2.24) is 10.2 Å².